The van der Waals surface area contributed by atoms with E-state index in [1.807, 2.05) is 0 Å². The van der Waals surface area contributed by atoms with Crippen molar-refractivity contribution in [1.82, 2.24) is 0 Å². The molecule has 88 valence electrons. The molecule has 0 saturated carbocycles. The molecule has 9 nitrogen and oxygen atoms in total. The average Bonchev–Trinajstić information content (AvgIpc) is 1.44. The van der Waals surface area contributed by atoms with Gasteiger partial charge < -0.3 is 46.0 Å². The minimum absolute atomic E-state index is 0. The van der Waals surface area contributed by atoms with Crippen LogP contribution in [0.5, 0.6) is 0 Å². The van der Waals surface area contributed by atoms with Gasteiger partial charge in [-0.2, -0.15) is 0 Å². The van der Waals surface area contributed by atoms with E-state index in [0.29, 0.717) is 0 Å². The number of hydrogen-bond donors (Lipinski definition) is 9. The van der Waals surface area contributed by atoms with Gasteiger partial charge in [0.1, 0.15) is 0 Å². The molecule has 0 atom stereocenters. The molecule has 0 radical (unpaired) electrons. The third kappa shape index (κ3) is 4.87. The van der Waals surface area contributed by atoms with E-state index in [2.05, 4.69) is 0 Å². The predicted molar refractivity (Wildman–Crippen MR) is 45.4 cm³/mol. The highest BCUT2D eigenvalue weighted by atomic mass is 79.9. The van der Waals surface area contributed by atoms with Crippen molar-refractivity contribution in [3.8, 4) is 0 Å². The molecule has 0 fully saturated rings. The summed E-state index contributed by atoms with van der Waals surface area (Å²) >= 11 is 0. The van der Waals surface area contributed by atoms with Gasteiger partial charge in [0.15, 0.2) is 7.92 Å². The normalized spacial score (nSPS) is 14.1. The molecule has 14 heavy (non-hydrogen) atoms. The Kier molecular flexibility index (Phi) is 5.57. The summed E-state index contributed by atoms with van der Waals surface area (Å²) < 4.78 is 0. The molecule has 0 aliphatic rings. The second-order valence-corrected chi connectivity index (χ2v) is 4.61. The van der Waals surface area contributed by atoms with Crippen molar-refractivity contribution in [3.05, 3.63) is 0 Å². The smallest absolute Gasteiger partial charge is 0.310 e. The van der Waals surface area contributed by atoms with Gasteiger partial charge in [0.2, 0.25) is 0 Å². The van der Waals surface area contributed by atoms with E-state index in [1.54, 1.807) is 0 Å². The molecule has 0 aromatic rings. The quantitative estimate of drug-likeness (QED) is 0.184. The summed E-state index contributed by atoms with van der Waals surface area (Å²) in [4.78, 5) is 0. The van der Waals surface area contributed by atoms with Gasteiger partial charge in [-0.25, -0.2) is 0 Å². The lowest BCUT2D eigenvalue weighted by molar-refractivity contribution is -0.312. The van der Waals surface area contributed by atoms with E-state index in [1.165, 1.54) is 0 Å². The lowest BCUT2D eigenvalue weighted by atomic mass is 11.2. The van der Waals surface area contributed by atoms with Crippen LogP contribution in [0.4, 0.5) is 0 Å². The van der Waals surface area contributed by atoms with Crippen molar-refractivity contribution >= 4 is 24.9 Å². The van der Waals surface area contributed by atoms with Crippen molar-refractivity contribution < 1.29 is 46.0 Å². The zero-order valence-electron chi connectivity index (χ0n) is 6.38. The lowest BCUT2D eigenvalue weighted by Crippen LogP contribution is -2.47. The maximum Gasteiger partial charge on any atom is 0.310 e. The average molecular weight is 301 g/mol. The minimum atomic E-state index is -4.05. The van der Waals surface area contributed by atoms with Gasteiger partial charge in [-0.3, -0.25) is 0 Å². The number of rotatable bonds is 3. The predicted octanol–water partition coefficient (Wildman–Crippen LogP) is -4.19. The van der Waals surface area contributed by atoms with Gasteiger partial charge >= 0.3 is 17.1 Å². The summed E-state index contributed by atoms with van der Waals surface area (Å²) in [6.45, 7) is 0. The molecular formula is C3H10BrO9P. The van der Waals surface area contributed by atoms with Crippen LogP contribution in [0.3, 0.4) is 0 Å². The first kappa shape index (κ1) is 17.0. The van der Waals surface area contributed by atoms with Crippen LogP contribution < -0.4 is 0 Å². The molecule has 0 saturated heterocycles. The summed E-state index contributed by atoms with van der Waals surface area (Å²) in [5, 5.41) is 75.0. The third-order valence-corrected chi connectivity index (χ3v) is 2.70. The van der Waals surface area contributed by atoms with Crippen LogP contribution in [0.1, 0.15) is 0 Å². The van der Waals surface area contributed by atoms with E-state index in [-0.39, 0.29) is 17.0 Å². The van der Waals surface area contributed by atoms with E-state index in [4.69, 9.17) is 46.0 Å². The molecule has 0 unspecified atom stereocenters. The molecule has 0 aromatic heterocycles. The Morgan fingerprint density at radius 2 is 0.643 bits per heavy atom. The maximum atomic E-state index is 8.33. The van der Waals surface area contributed by atoms with Gasteiger partial charge in [-0.15, -0.1) is 17.0 Å². The van der Waals surface area contributed by atoms with Crippen LogP contribution in [-0.4, -0.2) is 63.1 Å². The van der Waals surface area contributed by atoms with E-state index < -0.39 is 25.1 Å². The summed E-state index contributed by atoms with van der Waals surface area (Å²) in [6, 6.07) is 0. The highest BCUT2D eigenvalue weighted by Gasteiger charge is 2.59. The van der Waals surface area contributed by atoms with Crippen LogP contribution in [-0.2, 0) is 0 Å². The summed E-state index contributed by atoms with van der Waals surface area (Å²) in [5.41, 5.74) is -12.1. The summed E-state index contributed by atoms with van der Waals surface area (Å²) in [7, 11) is -3.98. The fraction of sp³-hybridized carbons (Fsp3) is 1.00. The zero-order chi connectivity index (χ0) is 11.1. The fourth-order valence-electron chi connectivity index (χ4n) is 0.604. The molecule has 0 aliphatic heterocycles. The second-order valence-electron chi connectivity index (χ2n) is 2.14. The monoisotopic (exact) mass is 300 g/mol. The fourth-order valence-corrected chi connectivity index (χ4v) is 1.81. The number of halogens is 1. The van der Waals surface area contributed by atoms with Crippen molar-refractivity contribution in [2.75, 3.05) is 0 Å². The van der Waals surface area contributed by atoms with Crippen LogP contribution in [0.25, 0.3) is 0 Å². The summed E-state index contributed by atoms with van der Waals surface area (Å²) in [5.74, 6) is 0. The molecule has 0 heterocycles. The second kappa shape index (κ2) is 4.60. The van der Waals surface area contributed by atoms with Crippen LogP contribution in [0, 0.1) is 0 Å². The van der Waals surface area contributed by atoms with Crippen molar-refractivity contribution in [3.63, 3.8) is 0 Å². The van der Waals surface area contributed by atoms with Gasteiger partial charge in [0.25, 0.3) is 0 Å². The Labute approximate surface area is 88.6 Å². The Balaban J connectivity index is 0. The maximum absolute atomic E-state index is 8.33. The third-order valence-electron chi connectivity index (χ3n) is 0.900. The van der Waals surface area contributed by atoms with Gasteiger partial charge in [-0.05, 0) is 0 Å². The van der Waals surface area contributed by atoms with Crippen LogP contribution in [0.15, 0.2) is 0 Å². The molecule has 0 bridgehead atoms. The molecule has 0 amide bonds. The highest BCUT2D eigenvalue weighted by molar-refractivity contribution is 8.93. The summed E-state index contributed by atoms with van der Waals surface area (Å²) in [6.07, 6.45) is 0. The molecule has 0 aromatic carbocycles. The number of aliphatic hydroxyl groups is 9. The Hall–Kier alpha value is 0.550. The van der Waals surface area contributed by atoms with Crippen molar-refractivity contribution in [2.24, 2.45) is 0 Å². The van der Waals surface area contributed by atoms with Gasteiger partial charge in [0, 0.05) is 0 Å². The Morgan fingerprint density at radius 3 is 0.643 bits per heavy atom. The highest BCUT2D eigenvalue weighted by Crippen LogP contribution is 2.59. The Morgan fingerprint density at radius 1 is 0.500 bits per heavy atom. The van der Waals surface area contributed by atoms with Gasteiger partial charge in [-0.1, -0.05) is 0 Å². The first-order valence-corrected chi connectivity index (χ1v) is 4.02. The first-order valence-electron chi connectivity index (χ1n) is 2.68. The van der Waals surface area contributed by atoms with E-state index in [9.17, 15) is 0 Å². The zero-order valence-corrected chi connectivity index (χ0v) is 8.99. The van der Waals surface area contributed by atoms with Crippen LogP contribution in [0.2, 0.25) is 0 Å². The minimum Gasteiger partial charge on any atom is -0.340 e. The molecular weight excluding hydrogens is 291 g/mol. The van der Waals surface area contributed by atoms with Crippen molar-refractivity contribution in [1.29, 1.82) is 0 Å². The standard InChI is InChI=1S/C3H9O9P.BrH/c4-1(5,6)13(2(7,8)9)3(10,11)12;/h4-12H;1H. The Bertz CT molecular complexity index is 143. The molecule has 0 spiro atoms. The van der Waals surface area contributed by atoms with Crippen molar-refractivity contribution in [2.45, 2.75) is 17.1 Å². The molecule has 0 aliphatic carbocycles. The van der Waals surface area contributed by atoms with Gasteiger partial charge in [0.05, 0.1) is 0 Å². The SMILES string of the molecule is Br.OC(O)(O)P(C(O)(O)O)C(O)(O)O. The lowest BCUT2D eigenvalue weighted by Gasteiger charge is -2.36. The molecule has 11 heteroatoms. The van der Waals surface area contributed by atoms with E-state index in [0.717, 1.165) is 0 Å². The van der Waals surface area contributed by atoms with E-state index >= 15 is 0 Å². The molecule has 9 N–H and O–H groups in total. The topological polar surface area (TPSA) is 182 Å². The largest absolute Gasteiger partial charge is 0.340 e. The first-order chi connectivity index (χ1) is 5.37. The molecule has 0 rings (SSSR count). The number of hydrogen-bond acceptors (Lipinski definition) is 9. The van der Waals surface area contributed by atoms with Crippen LogP contribution >= 0.6 is 24.9 Å².